The van der Waals surface area contributed by atoms with Crippen LogP contribution < -0.4 is 4.74 Å². The normalized spacial score (nSPS) is 14.8. The van der Waals surface area contributed by atoms with Crippen LogP contribution in [0.4, 0.5) is 0 Å². The van der Waals surface area contributed by atoms with Gasteiger partial charge in [0, 0.05) is 31.5 Å². The third-order valence-corrected chi connectivity index (χ3v) is 6.58. The van der Waals surface area contributed by atoms with Crippen molar-refractivity contribution in [2.75, 3.05) is 34.3 Å². The van der Waals surface area contributed by atoms with Gasteiger partial charge in [0.15, 0.2) is 0 Å². The molecule has 1 aliphatic heterocycles. The van der Waals surface area contributed by atoms with Gasteiger partial charge in [-0.1, -0.05) is 6.07 Å². The fourth-order valence-corrected chi connectivity index (χ4v) is 4.62. The Morgan fingerprint density at radius 1 is 1.03 bits per heavy atom. The number of likely N-dealkylation sites (tertiary alicyclic amines) is 1. The second kappa shape index (κ2) is 8.75. The molecule has 0 radical (unpaired) electrons. The molecule has 0 N–H and O–H groups in total. The van der Waals surface area contributed by atoms with E-state index in [9.17, 15) is 4.79 Å². The first-order valence-electron chi connectivity index (χ1n) is 11.3. The molecule has 0 aliphatic carbocycles. The lowest BCUT2D eigenvalue weighted by Gasteiger charge is -2.35. The number of aromatic nitrogens is 3. The number of carbonyl (C=O) groups excluding carboxylic acids is 1. The van der Waals surface area contributed by atoms with Crippen LogP contribution in [0.5, 0.6) is 5.75 Å². The van der Waals surface area contributed by atoms with Gasteiger partial charge in [-0.2, -0.15) is 5.10 Å². The number of pyridine rings is 1. The van der Waals surface area contributed by atoms with Crippen LogP contribution in [0.25, 0.3) is 22.6 Å². The fourth-order valence-electron chi connectivity index (χ4n) is 4.62. The molecule has 1 fully saturated rings. The van der Waals surface area contributed by atoms with Crippen LogP contribution in [0.1, 0.15) is 23.2 Å². The number of hydrogen-bond acceptors (Lipinski definition) is 4. The summed E-state index contributed by atoms with van der Waals surface area (Å²) >= 11 is 0. The number of ether oxygens (including phenoxy) is 1. The molecular formula is C26H29N5O2. The first kappa shape index (κ1) is 21.3. The van der Waals surface area contributed by atoms with Gasteiger partial charge in [0.25, 0.3) is 5.91 Å². The number of nitrogens with zero attached hydrogens (tertiary/aromatic N) is 5. The van der Waals surface area contributed by atoms with E-state index >= 15 is 0 Å². The highest BCUT2D eigenvalue weighted by molar-refractivity contribution is 6.02. The second-order valence-electron chi connectivity index (χ2n) is 8.73. The zero-order valence-electron chi connectivity index (χ0n) is 19.3. The van der Waals surface area contributed by atoms with Crippen molar-refractivity contribution in [2.45, 2.75) is 18.9 Å². The Labute approximate surface area is 193 Å². The Bertz CT molecular complexity index is 1260. The summed E-state index contributed by atoms with van der Waals surface area (Å²) in [6.07, 6.45) is 5.94. The van der Waals surface area contributed by atoms with Gasteiger partial charge in [-0.05, 0) is 75.5 Å². The summed E-state index contributed by atoms with van der Waals surface area (Å²) in [5.41, 5.74) is 4.31. The number of benzene rings is 1. The minimum atomic E-state index is 0.0942. The molecule has 33 heavy (non-hydrogen) atoms. The largest absolute Gasteiger partial charge is 0.497 e. The van der Waals surface area contributed by atoms with Crippen LogP contribution in [-0.2, 0) is 0 Å². The summed E-state index contributed by atoms with van der Waals surface area (Å²) in [5, 5.41) is 4.80. The molecule has 5 rings (SSSR count). The molecule has 1 aliphatic rings. The molecular weight excluding hydrogens is 414 g/mol. The van der Waals surface area contributed by atoms with Crippen molar-refractivity contribution in [3.05, 3.63) is 72.6 Å². The van der Waals surface area contributed by atoms with Gasteiger partial charge in [-0.3, -0.25) is 4.79 Å². The van der Waals surface area contributed by atoms with E-state index in [4.69, 9.17) is 9.84 Å². The molecule has 1 amide bonds. The van der Waals surface area contributed by atoms with Gasteiger partial charge in [0.2, 0.25) is 0 Å². The molecule has 170 valence electrons. The molecule has 4 aromatic rings. The lowest BCUT2D eigenvalue weighted by Crippen LogP contribution is -2.44. The quantitative estimate of drug-likeness (QED) is 0.468. The molecule has 0 spiro atoms. The van der Waals surface area contributed by atoms with E-state index in [0.717, 1.165) is 59.8 Å². The van der Waals surface area contributed by atoms with Gasteiger partial charge in [-0.25, -0.2) is 4.68 Å². The summed E-state index contributed by atoms with van der Waals surface area (Å²) < 4.78 is 9.14. The molecule has 0 unspecified atom stereocenters. The molecule has 4 heterocycles. The first-order chi connectivity index (χ1) is 16.0. The Kier molecular flexibility index (Phi) is 5.64. The van der Waals surface area contributed by atoms with Crippen molar-refractivity contribution < 1.29 is 9.53 Å². The Morgan fingerprint density at radius 3 is 2.48 bits per heavy atom. The number of amides is 1. The zero-order chi connectivity index (χ0) is 22.9. The number of piperidine rings is 1. The molecule has 3 aromatic heterocycles. The SMILES string of the molecule is COc1ccc(-n2ccc(-c3cc(C(=O)N4CCC(N(C)C)CC4)c4ccccn34)n2)cc1. The topological polar surface area (TPSA) is 55.0 Å². The van der Waals surface area contributed by atoms with Crippen LogP contribution in [0.15, 0.2) is 67.0 Å². The molecule has 7 nitrogen and oxygen atoms in total. The van der Waals surface area contributed by atoms with Crippen LogP contribution >= 0.6 is 0 Å². The maximum atomic E-state index is 13.5. The number of hydrogen-bond donors (Lipinski definition) is 0. The van der Waals surface area contributed by atoms with Gasteiger partial charge in [-0.15, -0.1) is 0 Å². The zero-order valence-corrected chi connectivity index (χ0v) is 19.3. The third-order valence-electron chi connectivity index (χ3n) is 6.58. The number of carbonyl (C=O) groups is 1. The van der Waals surface area contributed by atoms with E-state index in [1.807, 2.05) is 76.6 Å². The van der Waals surface area contributed by atoms with E-state index in [-0.39, 0.29) is 5.91 Å². The summed E-state index contributed by atoms with van der Waals surface area (Å²) in [5.74, 6) is 0.901. The van der Waals surface area contributed by atoms with E-state index in [1.54, 1.807) is 7.11 Å². The molecule has 7 heteroatoms. The van der Waals surface area contributed by atoms with Crippen molar-refractivity contribution >= 4 is 11.4 Å². The van der Waals surface area contributed by atoms with E-state index in [2.05, 4.69) is 23.4 Å². The highest BCUT2D eigenvalue weighted by atomic mass is 16.5. The second-order valence-corrected chi connectivity index (χ2v) is 8.73. The van der Waals surface area contributed by atoms with Gasteiger partial charge in [0.05, 0.1) is 29.6 Å². The molecule has 0 bridgehead atoms. The molecule has 1 saturated heterocycles. The Hall–Kier alpha value is -3.58. The minimum absolute atomic E-state index is 0.0942. The molecule has 0 saturated carbocycles. The number of fused-ring (bicyclic) bond motifs is 1. The van der Waals surface area contributed by atoms with Crippen molar-refractivity contribution in [1.29, 1.82) is 0 Å². The average molecular weight is 444 g/mol. The Morgan fingerprint density at radius 2 is 1.79 bits per heavy atom. The predicted molar refractivity (Wildman–Crippen MR) is 129 cm³/mol. The van der Waals surface area contributed by atoms with Crippen molar-refractivity contribution in [3.8, 4) is 22.8 Å². The van der Waals surface area contributed by atoms with Crippen LogP contribution in [0, 0.1) is 0 Å². The fraction of sp³-hybridized carbons (Fsp3) is 0.308. The lowest BCUT2D eigenvalue weighted by atomic mass is 10.0. The summed E-state index contributed by atoms with van der Waals surface area (Å²) in [7, 11) is 5.88. The highest BCUT2D eigenvalue weighted by Crippen LogP contribution is 2.28. The monoisotopic (exact) mass is 443 g/mol. The number of methoxy groups -OCH3 is 1. The molecule has 0 atom stereocenters. The average Bonchev–Trinajstić information content (AvgIpc) is 3.49. The highest BCUT2D eigenvalue weighted by Gasteiger charge is 2.27. The van der Waals surface area contributed by atoms with Gasteiger partial charge >= 0.3 is 0 Å². The Balaban J connectivity index is 1.46. The summed E-state index contributed by atoms with van der Waals surface area (Å²) in [4.78, 5) is 17.7. The van der Waals surface area contributed by atoms with E-state index in [1.165, 1.54) is 0 Å². The minimum Gasteiger partial charge on any atom is -0.497 e. The first-order valence-corrected chi connectivity index (χ1v) is 11.3. The van der Waals surface area contributed by atoms with Crippen molar-refractivity contribution in [3.63, 3.8) is 0 Å². The van der Waals surface area contributed by atoms with Gasteiger partial charge in [0.1, 0.15) is 11.4 Å². The lowest BCUT2D eigenvalue weighted by molar-refractivity contribution is 0.0665. The maximum Gasteiger partial charge on any atom is 0.256 e. The third kappa shape index (κ3) is 4.00. The van der Waals surface area contributed by atoms with Crippen LogP contribution in [-0.4, -0.2) is 70.2 Å². The smallest absolute Gasteiger partial charge is 0.256 e. The van der Waals surface area contributed by atoms with Crippen LogP contribution in [0.2, 0.25) is 0 Å². The van der Waals surface area contributed by atoms with Crippen LogP contribution in [0.3, 0.4) is 0 Å². The number of rotatable bonds is 5. The van der Waals surface area contributed by atoms with E-state index < -0.39 is 0 Å². The van der Waals surface area contributed by atoms with Gasteiger partial charge < -0.3 is 18.9 Å². The summed E-state index contributed by atoms with van der Waals surface area (Å²) in [6, 6.07) is 18.2. The standard InChI is InChI=1S/C26H29N5O2/c1-28(2)19-11-15-29(16-12-19)26(32)22-18-25(30-14-5-4-6-24(22)30)23-13-17-31(27-23)20-7-9-21(33-3)10-8-20/h4-10,13-14,17-19H,11-12,15-16H2,1-3H3. The van der Waals surface area contributed by atoms with Crippen molar-refractivity contribution in [1.82, 2.24) is 24.0 Å². The molecule has 1 aromatic carbocycles. The van der Waals surface area contributed by atoms with E-state index in [0.29, 0.717) is 6.04 Å². The predicted octanol–water partition coefficient (Wildman–Crippen LogP) is 3.97. The summed E-state index contributed by atoms with van der Waals surface area (Å²) in [6.45, 7) is 1.57. The maximum absolute atomic E-state index is 13.5. The van der Waals surface area contributed by atoms with Crippen molar-refractivity contribution in [2.24, 2.45) is 0 Å².